The minimum absolute atomic E-state index is 0.00133. The van der Waals surface area contributed by atoms with E-state index in [1.807, 2.05) is 134 Å². The molecular weight excluding hydrogens is 1670 g/mol. The van der Waals surface area contributed by atoms with Crippen molar-refractivity contribution in [3.63, 3.8) is 0 Å². The first-order chi connectivity index (χ1) is 58.3. The highest BCUT2D eigenvalue weighted by molar-refractivity contribution is 5.76. The molecule has 31 heteroatoms. The number of unbranched alkanes of at least 4 members (excludes halogenated alkanes) is 1. The van der Waals surface area contributed by atoms with Crippen LogP contribution in [0, 0.1) is 76.3 Å². The van der Waals surface area contributed by atoms with E-state index in [9.17, 15) is 43.2 Å². The maximum atomic E-state index is 11.4. The molecule has 0 saturated carbocycles. The standard InChI is InChI=1S/C14H20O2.C8H15N5O.C8H19N.2C8H16O2.C7H14N4.C7H15NO.C7H14O2.C6H12N4.C6H13NO.2C6H12O2.C5H12.C4H10/c1-14(2,3)10-9-13(15)16-11-12-7-5-4-6-8-12;1-8(2,3)4-7(14)9-5-6-10-12-13-11-6;1-8(2,3)6-4-5-7-9;1-8(2,3)6-5-7(9)10-4;1-8(2,3)6-4-5-7(9)10;1-7(2,3)5-4-6-8-10-11-9-6;2*1-7(2,3)5-4-6(8)9;1-6(2,3)4-5-7-9-10-8-5;3*1-6(2,3)4-5(7)8;1-5(2,3)4;1-4(2)3/h4-8H,9-11H2,1-3H3;4-5H2,1-3H3,(H,9,14)(H,10,11,12,13);4-7,9H2,1-3H3;5-6H2,1-4H3;4-6H2,1-3H3,(H,9,10);4-5H2,1-3H3,(H,8,9,10,11);4-5H2,1-3H3,(H2,8,9);4-5H2,1-3H3,(H,8,9);4H2,1-3H3,(H,7,8,9,10);4H2,1-3H3,(H2,7,8);2*4H2,1-3H3,(H,7,8);1-4H3;4H,1-3H3. The highest BCUT2D eigenvalue weighted by Crippen LogP contribution is 2.27. The quantitative estimate of drug-likeness (QED) is 0.0217. The van der Waals surface area contributed by atoms with Crippen LogP contribution in [0.4, 0.5) is 0 Å². The molecule has 0 fully saturated rings. The summed E-state index contributed by atoms with van der Waals surface area (Å²) in [7, 11) is 1.42. The number of tetrazole rings is 3. The first kappa shape index (κ1) is 143. The second-order valence-corrected chi connectivity index (χ2v) is 49.4. The van der Waals surface area contributed by atoms with Crippen molar-refractivity contribution in [2.45, 2.75) is 446 Å². The van der Waals surface area contributed by atoms with E-state index in [1.165, 1.54) is 26.4 Å². The molecule has 0 radical (unpaired) electrons. The third kappa shape index (κ3) is 172. The van der Waals surface area contributed by atoms with Crippen molar-refractivity contribution in [3.8, 4) is 0 Å². The van der Waals surface area contributed by atoms with Gasteiger partial charge in [0, 0.05) is 57.8 Å². The lowest BCUT2D eigenvalue weighted by Crippen LogP contribution is -2.27. The van der Waals surface area contributed by atoms with E-state index in [2.05, 4.69) is 266 Å². The Labute approximate surface area is 796 Å². The number of primary amides is 2. The number of rotatable bonds is 25. The van der Waals surface area contributed by atoms with Gasteiger partial charge < -0.3 is 52.4 Å². The molecule has 0 aliphatic rings. The third-order valence-electron chi connectivity index (χ3n) is 14.7. The zero-order valence-electron chi connectivity index (χ0n) is 91.5. The number of nitrogens with two attached hydrogens (primary N) is 3. The number of aromatic amines is 3. The fourth-order valence-corrected chi connectivity index (χ4v) is 8.33. The van der Waals surface area contributed by atoms with E-state index >= 15 is 0 Å². The van der Waals surface area contributed by atoms with Crippen LogP contribution in [-0.4, -0.2) is 149 Å². The number of esters is 2. The third-order valence-corrected chi connectivity index (χ3v) is 14.7. The number of carboxylic acid groups (broad SMARTS) is 4. The highest BCUT2D eigenvalue weighted by atomic mass is 16.5. The first-order valence-electron chi connectivity index (χ1n) is 46.2. The van der Waals surface area contributed by atoms with E-state index in [1.54, 1.807) is 0 Å². The van der Waals surface area contributed by atoms with Gasteiger partial charge in [-0.3, -0.25) is 43.2 Å². The fraction of sp³-hybridized carbons (Fsp3) is 0.820. The van der Waals surface area contributed by atoms with Gasteiger partial charge >= 0.3 is 35.8 Å². The number of hydrogen-bond acceptors (Lipinski definition) is 21. The average molecular weight is 1870 g/mol. The number of hydrogen-bond donors (Lipinski definition) is 11. The van der Waals surface area contributed by atoms with Gasteiger partial charge in [-0.05, 0) is 146 Å². The Bertz CT molecular complexity index is 3360. The number of amides is 3. The van der Waals surface area contributed by atoms with Gasteiger partial charge in [0.25, 0.3) is 0 Å². The van der Waals surface area contributed by atoms with Crippen molar-refractivity contribution < 1.29 is 73.1 Å². The summed E-state index contributed by atoms with van der Waals surface area (Å²) in [6.07, 6.45) is 15.3. The Hall–Kier alpha value is -8.38. The van der Waals surface area contributed by atoms with Crippen LogP contribution in [0.3, 0.4) is 0 Å². The van der Waals surface area contributed by atoms with Gasteiger partial charge in [0.05, 0.1) is 26.5 Å². The SMILES string of the molecule is CC(C)(C)C.CC(C)(C)CC(=O)NCc1nn[nH]n1.CC(C)(C)CC(=O)O.CC(C)(C)CC(=O)O.CC(C)(C)CC(N)=O.CC(C)(C)CCC(=O)O.CC(C)(C)CCC(=O)OCc1ccccc1.CC(C)(C)CCC(N)=O.CC(C)(C)CCCC(=O)O.CC(C)(C)CCCCN.CC(C)(C)CCc1nn[nH]n1.CC(C)(C)Cc1nn[nH]n1.CC(C)C.COC(=O)CCC(C)(C)C. The molecule has 0 aliphatic carbocycles. The Morgan fingerprint density at radius 1 is 0.366 bits per heavy atom. The van der Waals surface area contributed by atoms with Crippen molar-refractivity contribution in [1.29, 1.82) is 0 Å². The number of benzene rings is 1. The molecule has 0 unspecified atom stereocenters. The van der Waals surface area contributed by atoms with Crippen molar-refractivity contribution >= 4 is 53.5 Å². The van der Waals surface area contributed by atoms with E-state index in [0.29, 0.717) is 73.7 Å². The van der Waals surface area contributed by atoms with E-state index in [0.717, 1.165) is 87.5 Å². The molecule has 4 rings (SSSR count). The number of methoxy groups -OCH3 is 1. The minimum atomic E-state index is -0.725. The molecule has 0 bridgehead atoms. The normalized spacial score (nSPS) is 11.4. The summed E-state index contributed by atoms with van der Waals surface area (Å²) in [6.45, 7) is 91.5. The molecule has 0 saturated heterocycles. The van der Waals surface area contributed by atoms with Crippen LogP contribution in [0.25, 0.3) is 0 Å². The molecule has 14 N–H and O–H groups in total. The van der Waals surface area contributed by atoms with E-state index < -0.39 is 23.9 Å². The molecule has 31 nitrogen and oxygen atoms in total. The van der Waals surface area contributed by atoms with E-state index in [-0.39, 0.29) is 103 Å². The van der Waals surface area contributed by atoms with Crippen molar-refractivity contribution in [1.82, 2.24) is 67.2 Å². The number of carbonyl (C=O) groups excluding carboxylic acids is 5. The summed E-state index contributed by atoms with van der Waals surface area (Å²) in [5.74, 6) is -0.581. The van der Waals surface area contributed by atoms with Gasteiger partial charge in [-0.15, -0.1) is 30.6 Å². The summed E-state index contributed by atoms with van der Waals surface area (Å²) < 4.78 is 9.69. The molecule has 3 aromatic heterocycles. The minimum Gasteiger partial charge on any atom is -0.481 e. The second kappa shape index (κ2) is 73.1. The Morgan fingerprint density at radius 2 is 0.687 bits per heavy atom. The number of nitrogens with zero attached hydrogens (tertiary/aromatic N) is 9. The lowest BCUT2D eigenvalue weighted by molar-refractivity contribution is -0.146. The maximum absolute atomic E-state index is 11.4. The van der Waals surface area contributed by atoms with Crippen molar-refractivity contribution in [3.05, 3.63) is 53.4 Å². The summed E-state index contributed by atoms with van der Waals surface area (Å²) in [5, 5.41) is 76.2. The van der Waals surface area contributed by atoms with Gasteiger partial charge in [0.2, 0.25) is 17.7 Å². The average Bonchev–Trinajstić information content (AvgIpc) is 1.76. The Balaban J connectivity index is -0.000000152. The maximum Gasteiger partial charge on any atom is 0.306 e. The van der Waals surface area contributed by atoms with Gasteiger partial charge in [-0.1, -0.05) is 350 Å². The zero-order chi connectivity index (χ0) is 106. The van der Waals surface area contributed by atoms with Crippen molar-refractivity contribution in [2.75, 3.05) is 13.7 Å². The number of ether oxygens (including phenoxy) is 2. The second-order valence-electron chi connectivity index (χ2n) is 49.4. The van der Waals surface area contributed by atoms with Crippen LogP contribution < -0.4 is 22.5 Å². The van der Waals surface area contributed by atoms with Crippen LogP contribution in [0.1, 0.15) is 443 Å². The number of H-pyrrole nitrogens is 3. The van der Waals surface area contributed by atoms with E-state index in [4.69, 9.17) is 42.4 Å². The number of aliphatic carboxylic acids is 4. The summed E-state index contributed by atoms with van der Waals surface area (Å²) in [4.78, 5) is 94.1. The number of carbonyl (C=O) groups is 9. The van der Waals surface area contributed by atoms with Gasteiger partial charge in [-0.2, -0.15) is 15.6 Å². The molecule has 3 heterocycles. The Morgan fingerprint density at radius 3 is 0.939 bits per heavy atom. The summed E-state index contributed by atoms with van der Waals surface area (Å²) in [6, 6.07) is 9.75. The largest absolute Gasteiger partial charge is 0.481 e. The Kier molecular flexibility index (Phi) is 79.8. The molecule has 4 aromatic rings. The predicted molar refractivity (Wildman–Crippen MR) is 535 cm³/mol. The van der Waals surface area contributed by atoms with Gasteiger partial charge in [0.1, 0.15) is 6.61 Å². The first-order valence-corrected chi connectivity index (χ1v) is 46.2. The van der Waals surface area contributed by atoms with Crippen LogP contribution in [-0.2, 0) is 78.6 Å². The van der Waals surface area contributed by atoms with Crippen LogP contribution in [0.2, 0.25) is 0 Å². The highest BCUT2D eigenvalue weighted by Gasteiger charge is 2.21. The summed E-state index contributed by atoms with van der Waals surface area (Å²) in [5.41, 5.74) is 18.8. The molecule has 0 spiro atoms. The number of nitrogens with one attached hydrogen (secondary N) is 4. The smallest absolute Gasteiger partial charge is 0.306 e. The zero-order valence-corrected chi connectivity index (χ0v) is 91.5. The number of aryl methyl sites for hydroxylation is 1. The number of aromatic nitrogens is 12. The van der Waals surface area contributed by atoms with Crippen LogP contribution in [0.15, 0.2) is 30.3 Å². The lowest BCUT2D eigenvalue weighted by Gasteiger charge is -2.16. The van der Waals surface area contributed by atoms with Crippen LogP contribution >= 0.6 is 0 Å². The van der Waals surface area contributed by atoms with Gasteiger partial charge in [0.15, 0.2) is 17.5 Å². The van der Waals surface area contributed by atoms with Crippen LogP contribution in [0.5, 0.6) is 0 Å². The number of carboxylic acids is 4. The predicted octanol–water partition coefficient (Wildman–Crippen LogP) is 23.0. The van der Waals surface area contributed by atoms with Gasteiger partial charge in [-0.25, -0.2) is 0 Å². The molecule has 770 valence electrons. The van der Waals surface area contributed by atoms with Crippen molar-refractivity contribution in [2.24, 2.45) is 93.5 Å². The summed E-state index contributed by atoms with van der Waals surface area (Å²) >= 11 is 0. The fourth-order valence-electron chi connectivity index (χ4n) is 8.33. The molecule has 0 atom stereocenters. The molecular formula is C100H200N16O15. The topological polar surface area (TPSA) is 506 Å². The monoisotopic (exact) mass is 1870 g/mol. The lowest BCUT2D eigenvalue weighted by atomic mass is 9.90. The molecule has 131 heavy (non-hydrogen) atoms. The molecule has 3 amide bonds. The molecule has 0 aliphatic heterocycles. The molecule has 1 aromatic carbocycles.